The molecule has 3 rings (SSSR count). The van der Waals surface area contributed by atoms with Crippen molar-refractivity contribution in [2.75, 3.05) is 0 Å². The summed E-state index contributed by atoms with van der Waals surface area (Å²) in [5.74, 6) is 0. The first-order chi connectivity index (χ1) is 10.2. The van der Waals surface area contributed by atoms with Crippen LogP contribution in [0.15, 0.2) is 33.3 Å². The van der Waals surface area contributed by atoms with Crippen LogP contribution in [-0.4, -0.2) is 14.6 Å². The molecule has 0 saturated carbocycles. The van der Waals surface area contributed by atoms with Gasteiger partial charge in [0.05, 0.1) is 0 Å². The van der Waals surface area contributed by atoms with E-state index in [-0.39, 0.29) is 0 Å². The van der Waals surface area contributed by atoms with E-state index in [4.69, 9.17) is 4.98 Å². The number of halogens is 2. The maximum Gasteiger partial charge on any atom is 0.213 e. The fourth-order valence-corrected chi connectivity index (χ4v) is 4.06. The highest BCUT2D eigenvalue weighted by Gasteiger charge is 2.15. The third kappa shape index (κ3) is 3.22. The van der Waals surface area contributed by atoms with E-state index in [1.165, 1.54) is 19.3 Å². The van der Waals surface area contributed by atoms with Gasteiger partial charge in [-0.1, -0.05) is 59.2 Å². The van der Waals surface area contributed by atoms with Gasteiger partial charge in [0, 0.05) is 16.5 Å². The van der Waals surface area contributed by atoms with Crippen LogP contribution in [0.5, 0.6) is 0 Å². The second kappa shape index (κ2) is 6.58. The topological polar surface area (TPSA) is 30.2 Å². The summed E-state index contributed by atoms with van der Waals surface area (Å²) in [5.41, 5.74) is 2.04. The van der Waals surface area contributed by atoms with Gasteiger partial charge in [-0.15, -0.1) is 0 Å². The van der Waals surface area contributed by atoms with Crippen molar-refractivity contribution in [1.82, 2.24) is 14.6 Å². The zero-order valence-electron chi connectivity index (χ0n) is 11.6. The molecule has 3 nitrogen and oxygen atoms in total. The lowest BCUT2D eigenvalue weighted by Gasteiger charge is -1.98. The highest BCUT2D eigenvalue weighted by atomic mass is 79.9. The van der Waals surface area contributed by atoms with E-state index in [0.717, 1.165) is 36.7 Å². The predicted octanol–water partition coefficient (Wildman–Crippen LogP) is 5.72. The minimum atomic E-state index is 0.929. The first kappa shape index (κ1) is 15.2. The monoisotopic (exact) mass is 427 g/mol. The van der Waals surface area contributed by atoms with Crippen molar-refractivity contribution < 1.29 is 0 Å². The first-order valence-electron chi connectivity index (χ1n) is 6.99. The molecule has 0 aliphatic carbocycles. The molecule has 2 aromatic heterocycles. The summed E-state index contributed by atoms with van der Waals surface area (Å²) in [4.78, 5) is 5.67. The van der Waals surface area contributed by atoms with Crippen molar-refractivity contribution in [2.45, 2.75) is 32.6 Å². The Morgan fingerprint density at radius 2 is 1.90 bits per heavy atom. The van der Waals surface area contributed by atoms with E-state index in [0.29, 0.717) is 0 Å². The molecule has 0 atom stereocenters. The molecule has 0 bridgehead atoms. The van der Waals surface area contributed by atoms with Crippen LogP contribution >= 0.6 is 43.2 Å². The van der Waals surface area contributed by atoms with Crippen molar-refractivity contribution in [3.05, 3.63) is 38.3 Å². The predicted molar refractivity (Wildman–Crippen MR) is 94.9 cm³/mol. The van der Waals surface area contributed by atoms with Gasteiger partial charge < -0.3 is 0 Å². The second-order valence-electron chi connectivity index (χ2n) is 4.91. The Morgan fingerprint density at radius 1 is 1.14 bits per heavy atom. The lowest BCUT2D eigenvalue weighted by atomic mass is 10.2. The Hall–Kier alpha value is -0.720. The molecular weight excluding hydrogens is 414 g/mol. The number of unbranched alkanes of at least 4 members (excludes halogenated alkanes) is 2. The molecule has 0 saturated heterocycles. The number of nitrogens with zero attached hydrogens (tertiary/aromatic N) is 3. The molecule has 6 heteroatoms. The van der Waals surface area contributed by atoms with Crippen LogP contribution in [-0.2, 0) is 6.42 Å². The van der Waals surface area contributed by atoms with Crippen LogP contribution in [0.2, 0.25) is 0 Å². The van der Waals surface area contributed by atoms with Crippen molar-refractivity contribution in [3.63, 3.8) is 0 Å². The Morgan fingerprint density at radius 3 is 2.57 bits per heavy atom. The highest BCUT2D eigenvalue weighted by molar-refractivity contribution is 9.10. The molecule has 0 radical (unpaired) electrons. The zero-order valence-corrected chi connectivity index (χ0v) is 15.6. The van der Waals surface area contributed by atoms with Gasteiger partial charge in [-0.2, -0.15) is 9.61 Å². The number of benzene rings is 1. The minimum absolute atomic E-state index is 0.929. The molecule has 21 heavy (non-hydrogen) atoms. The number of hydrogen-bond acceptors (Lipinski definition) is 3. The number of imidazole rings is 1. The van der Waals surface area contributed by atoms with Gasteiger partial charge in [0.2, 0.25) is 4.96 Å². The maximum absolute atomic E-state index is 4.72. The zero-order chi connectivity index (χ0) is 14.8. The SMILES string of the molecule is CCCCCc1nn2c(Br)c(-c3ccc(Br)cc3)nc2s1. The summed E-state index contributed by atoms with van der Waals surface area (Å²) in [7, 11) is 0. The standard InChI is InChI=1S/C15H15Br2N3S/c1-2-3-4-5-12-19-20-14(17)13(18-15(20)21-12)10-6-8-11(16)9-7-10/h6-9H,2-5H2,1H3. The third-order valence-corrected chi connectivity index (χ3v) is 5.51. The smallest absolute Gasteiger partial charge is 0.213 e. The lowest BCUT2D eigenvalue weighted by Crippen LogP contribution is -1.89. The lowest BCUT2D eigenvalue weighted by molar-refractivity contribution is 0.705. The molecule has 0 aliphatic heterocycles. The Kier molecular flexibility index (Phi) is 4.76. The van der Waals surface area contributed by atoms with Gasteiger partial charge >= 0.3 is 0 Å². The van der Waals surface area contributed by atoms with E-state index in [1.54, 1.807) is 11.3 Å². The maximum atomic E-state index is 4.72. The number of aryl methyl sites for hydroxylation is 1. The van der Waals surface area contributed by atoms with E-state index in [1.807, 2.05) is 16.6 Å². The number of hydrogen-bond donors (Lipinski definition) is 0. The Balaban J connectivity index is 1.90. The summed E-state index contributed by atoms with van der Waals surface area (Å²) in [6.45, 7) is 2.22. The third-order valence-electron chi connectivity index (χ3n) is 3.30. The van der Waals surface area contributed by atoms with Gasteiger partial charge in [0.25, 0.3) is 0 Å². The van der Waals surface area contributed by atoms with Gasteiger partial charge in [0.15, 0.2) is 0 Å². The molecular formula is C15H15Br2N3S. The highest BCUT2D eigenvalue weighted by Crippen LogP contribution is 2.31. The molecule has 0 unspecified atom stereocenters. The largest absolute Gasteiger partial charge is 0.216 e. The summed E-state index contributed by atoms with van der Waals surface area (Å²) in [5, 5.41) is 5.83. The second-order valence-corrected chi connectivity index (χ2v) is 7.61. The van der Waals surface area contributed by atoms with Crippen molar-refractivity contribution in [1.29, 1.82) is 0 Å². The van der Waals surface area contributed by atoms with E-state index in [9.17, 15) is 0 Å². The van der Waals surface area contributed by atoms with E-state index in [2.05, 4.69) is 56.0 Å². The molecule has 0 spiro atoms. The molecule has 0 fully saturated rings. The quantitative estimate of drug-likeness (QED) is 0.486. The minimum Gasteiger partial charge on any atom is -0.216 e. The Bertz CT molecular complexity index is 746. The van der Waals surface area contributed by atoms with Crippen LogP contribution in [0.1, 0.15) is 31.2 Å². The van der Waals surface area contributed by atoms with Crippen LogP contribution in [0, 0.1) is 0 Å². The van der Waals surface area contributed by atoms with Gasteiger partial charge in [-0.05, 0) is 34.5 Å². The summed E-state index contributed by atoms with van der Waals surface area (Å²) >= 11 is 8.77. The fraction of sp³-hybridized carbons (Fsp3) is 0.333. The molecule has 0 aliphatic rings. The normalized spacial score (nSPS) is 11.4. The number of fused-ring (bicyclic) bond motifs is 1. The summed E-state index contributed by atoms with van der Waals surface area (Å²) < 4.78 is 3.90. The summed E-state index contributed by atoms with van der Waals surface area (Å²) in [6, 6.07) is 8.17. The average molecular weight is 429 g/mol. The molecule has 110 valence electrons. The molecule has 0 amide bonds. The molecule has 2 heterocycles. The van der Waals surface area contributed by atoms with Gasteiger partial charge in [0.1, 0.15) is 15.3 Å². The molecule has 1 aromatic carbocycles. The van der Waals surface area contributed by atoms with Gasteiger partial charge in [-0.3, -0.25) is 0 Å². The van der Waals surface area contributed by atoms with Crippen molar-refractivity contribution >= 4 is 48.2 Å². The van der Waals surface area contributed by atoms with Crippen LogP contribution < -0.4 is 0 Å². The number of aromatic nitrogens is 3. The van der Waals surface area contributed by atoms with Crippen LogP contribution in [0.4, 0.5) is 0 Å². The van der Waals surface area contributed by atoms with Crippen LogP contribution in [0.3, 0.4) is 0 Å². The molecule has 0 N–H and O–H groups in total. The fourth-order valence-electron chi connectivity index (χ4n) is 2.18. The van der Waals surface area contributed by atoms with E-state index < -0.39 is 0 Å². The van der Waals surface area contributed by atoms with Crippen molar-refractivity contribution in [2.24, 2.45) is 0 Å². The number of rotatable bonds is 5. The van der Waals surface area contributed by atoms with E-state index >= 15 is 0 Å². The Labute approximate surface area is 144 Å². The first-order valence-corrected chi connectivity index (χ1v) is 9.39. The summed E-state index contributed by atoms with van der Waals surface area (Å²) in [6.07, 6.45) is 4.74. The van der Waals surface area contributed by atoms with Gasteiger partial charge in [-0.25, -0.2) is 4.98 Å². The molecule has 3 aromatic rings. The van der Waals surface area contributed by atoms with Crippen molar-refractivity contribution in [3.8, 4) is 11.3 Å². The van der Waals surface area contributed by atoms with Crippen LogP contribution in [0.25, 0.3) is 16.2 Å². The average Bonchev–Trinajstić information content (AvgIpc) is 3.00.